The van der Waals surface area contributed by atoms with Gasteiger partial charge in [-0.25, -0.2) is 0 Å². The maximum atomic E-state index is 13.2. The molecule has 0 radical (unpaired) electrons. The molecule has 1 heterocycles. The van der Waals surface area contributed by atoms with Crippen molar-refractivity contribution in [1.82, 2.24) is 4.90 Å². The summed E-state index contributed by atoms with van der Waals surface area (Å²) in [5.74, 6) is -0.277. The number of benzene rings is 3. The van der Waals surface area contributed by atoms with Gasteiger partial charge in [-0.3, -0.25) is 14.5 Å². The minimum atomic E-state index is -0.202. The van der Waals surface area contributed by atoms with Crippen LogP contribution in [-0.4, -0.2) is 27.6 Å². The molecule has 0 spiro atoms. The second-order valence-electron chi connectivity index (χ2n) is 7.41. The highest BCUT2D eigenvalue weighted by Gasteiger charge is 2.32. The smallest absolute Gasteiger partial charge is 0.266 e. The SMILES string of the molecule is O=C1/C(=C/c2ccccc2Cl)SC(=S)N1CCC(=O)N(Cc1ccccc1)c1ccccc1. The van der Waals surface area contributed by atoms with Crippen molar-refractivity contribution in [3.05, 3.63) is 106 Å². The second-order valence-corrected chi connectivity index (χ2v) is 9.49. The van der Waals surface area contributed by atoms with Crippen LogP contribution in [0.15, 0.2) is 89.8 Å². The van der Waals surface area contributed by atoms with Crippen LogP contribution >= 0.6 is 35.6 Å². The summed E-state index contributed by atoms with van der Waals surface area (Å²) in [6, 6.07) is 26.7. The standard InChI is InChI=1S/C26H21ClN2O2S2/c27-22-14-8-7-11-20(22)17-23-25(31)28(26(32)33-23)16-15-24(30)29(21-12-5-2-6-13-21)18-19-9-3-1-4-10-19/h1-14,17H,15-16,18H2/b23-17-. The number of anilines is 1. The molecule has 7 heteroatoms. The first-order valence-corrected chi connectivity index (χ1v) is 12.0. The lowest BCUT2D eigenvalue weighted by atomic mass is 10.1. The van der Waals surface area contributed by atoms with Crippen molar-refractivity contribution in [2.24, 2.45) is 0 Å². The first-order valence-electron chi connectivity index (χ1n) is 10.4. The van der Waals surface area contributed by atoms with Crippen LogP contribution in [-0.2, 0) is 16.1 Å². The van der Waals surface area contributed by atoms with Gasteiger partial charge in [0.05, 0.1) is 11.4 Å². The fourth-order valence-electron chi connectivity index (χ4n) is 3.47. The molecule has 0 bridgehead atoms. The zero-order valence-electron chi connectivity index (χ0n) is 17.7. The summed E-state index contributed by atoms with van der Waals surface area (Å²) in [5, 5.41) is 0.567. The largest absolute Gasteiger partial charge is 0.308 e. The van der Waals surface area contributed by atoms with Crippen molar-refractivity contribution in [2.75, 3.05) is 11.4 Å². The van der Waals surface area contributed by atoms with E-state index in [1.165, 1.54) is 16.7 Å². The van der Waals surface area contributed by atoms with Crippen molar-refractivity contribution < 1.29 is 9.59 Å². The van der Waals surface area contributed by atoms with E-state index in [9.17, 15) is 9.59 Å². The Bertz CT molecular complexity index is 1200. The highest BCUT2D eigenvalue weighted by atomic mass is 35.5. The molecule has 1 saturated heterocycles. The summed E-state index contributed by atoms with van der Waals surface area (Å²) < 4.78 is 0.445. The highest BCUT2D eigenvalue weighted by molar-refractivity contribution is 8.26. The lowest BCUT2D eigenvalue weighted by Gasteiger charge is -2.24. The topological polar surface area (TPSA) is 40.6 Å². The summed E-state index contributed by atoms with van der Waals surface area (Å²) in [6.45, 7) is 0.677. The Hall–Kier alpha value is -2.93. The van der Waals surface area contributed by atoms with Crippen LogP contribution in [0.4, 0.5) is 5.69 Å². The fourth-order valence-corrected chi connectivity index (χ4v) is 4.96. The number of carbonyl (C=O) groups excluding carboxylic acids is 2. The molecule has 0 unspecified atom stereocenters. The van der Waals surface area contributed by atoms with Gasteiger partial charge in [-0.2, -0.15) is 0 Å². The zero-order valence-corrected chi connectivity index (χ0v) is 20.1. The Labute approximate surface area is 207 Å². The van der Waals surface area contributed by atoms with Gasteiger partial charge in [-0.15, -0.1) is 0 Å². The Morgan fingerprint density at radius 3 is 2.30 bits per heavy atom. The van der Waals surface area contributed by atoms with E-state index in [1.807, 2.05) is 78.9 Å². The van der Waals surface area contributed by atoms with E-state index in [0.29, 0.717) is 20.8 Å². The number of thioether (sulfide) groups is 1. The summed E-state index contributed by atoms with van der Waals surface area (Å²) in [4.78, 5) is 29.9. The van der Waals surface area contributed by atoms with E-state index >= 15 is 0 Å². The third-order valence-corrected chi connectivity index (χ3v) is 6.89. The molecule has 4 rings (SSSR count). The fraction of sp³-hybridized carbons (Fsp3) is 0.115. The molecule has 0 aliphatic carbocycles. The van der Waals surface area contributed by atoms with Gasteiger partial charge in [0.1, 0.15) is 4.32 Å². The van der Waals surface area contributed by atoms with Gasteiger partial charge in [-0.1, -0.05) is 102 Å². The van der Waals surface area contributed by atoms with Gasteiger partial charge in [0, 0.05) is 23.7 Å². The third-order valence-electron chi connectivity index (χ3n) is 5.17. The molecular weight excluding hydrogens is 472 g/mol. The molecule has 3 aromatic carbocycles. The number of thiocarbonyl (C=S) groups is 1. The van der Waals surface area contributed by atoms with Gasteiger partial charge in [0.15, 0.2) is 0 Å². The molecule has 0 aromatic heterocycles. The van der Waals surface area contributed by atoms with Gasteiger partial charge in [0.25, 0.3) is 5.91 Å². The van der Waals surface area contributed by atoms with Crippen LogP contribution in [0.2, 0.25) is 5.02 Å². The van der Waals surface area contributed by atoms with Crippen LogP contribution < -0.4 is 4.90 Å². The first-order chi connectivity index (χ1) is 16.0. The van der Waals surface area contributed by atoms with Crippen LogP contribution in [0.3, 0.4) is 0 Å². The van der Waals surface area contributed by atoms with Gasteiger partial charge >= 0.3 is 0 Å². The van der Waals surface area contributed by atoms with E-state index < -0.39 is 0 Å². The number of carbonyl (C=O) groups is 2. The van der Waals surface area contributed by atoms with Gasteiger partial charge in [0.2, 0.25) is 5.91 Å². The number of hydrogen-bond donors (Lipinski definition) is 0. The number of amides is 2. The lowest BCUT2D eigenvalue weighted by Crippen LogP contribution is -2.36. The maximum absolute atomic E-state index is 13.2. The average molecular weight is 493 g/mol. The van der Waals surface area contributed by atoms with E-state index in [1.54, 1.807) is 17.0 Å². The van der Waals surface area contributed by atoms with Crippen molar-refractivity contribution in [2.45, 2.75) is 13.0 Å². The Morgan fingerprint density at radius 1 is 0.970 bits per heavy atom. The van der Waals surface area contributed by atoms with Crippen molar-refractivity contribution in [1.29, 1.82) is 0 Å². The molecule has 2 amide bonds. The average Bonchev–Trinajstić information content (AvgIpc) is 3.10. The summed E-state index contributed by atoms with van der Waals surface area (Å²) in [7, 11) is 0. The van der Waals surface area contributed by atoms with Crippen molar-refractivity contribution >= 4 is 63.5 Å². The molecule has 0 saturated carbocycles. The maximum Gasteiger partial charge on any atom is 0.266 e. The van der Waals surface area contributed by atoms with Crippen LogP contribution in [0.25, 0.3) is 6.08 Å². The summed E-state index contributed by atoms with van der Waals surface area (Å²) >= 11 is 12.9. The molecule has 1 aliphatic rings. The van der Waals surface area contributed by atoms with Crippen LogP contribution in [0.5, 0.6) is 0 Å². The number of rotatable bonds is 7. The molecule has 1 fully saturated rings. The summed E-state index contributed by atoms with van der Waals surface area (Å²) in [6.07, 6.45) is 1.91. The normalized spacial score (nSPS) is 14.7. The van der Waals surface area contributed by atoms with E-state index in [2.05, 4.69) is 0 Å². The van der Waals surface area contributed by atoms with Crippen LogP contribution in [0.1, 0.15) is 17.5 Å². The molecule has 4 nitrogen and oxygen atoms in total. The minimum Gasteiger partial charge on any atom is -0.308 e. The molecule has 33 heavy (non-hydrogen) atoms. The van der Waals surface area contributed by atoms with Crippen LogP contribution in [0, 0.1) is 0 Å². The quantitative estimate of drug-likeness (QED) is 0.292. The minimum absolute atomic E-state index is 0.0748. The first kappa shape index (κ1) is 23.2. The Balaban J connectivity index is 1.47. The Morgan fingerprint density at radius 2 is 1.61 bits per heavy atom. The molecule has 0 N–H and O–H groups in total. The number of halogens is 1. The monoisotopic (exact) mass is 492 g/mol. The number of hydrogen-bond acceptors (Lipinski definition) is 4. The van der Waals surface area contributed by atoms with E-state index in [-0.39, 0.29) is 24.8 Å². The van der Waals surface area contributed by atoms with E-state index in [0.717, 1.165) is 16.8 Å². The van der Waals surface area contributed by atoms with Gasteiger partial charge < -0.3 is 4.90 Å². The van der Waals surface area contributed by atoms with E-state index in [4.69, 9.17) is 23.8 Å². The molecule has 1 aliphatic heterocycles. The third kappa shape index (κ3) is 5.71. The zero-order chi connectivity index (χ0) is 23.2. The molecular formula is C26H21ClN2O2S2. The predicted octanol–water partition coefficient (Wildman–Crippen LogP) is 6.16. The molecule has 166 valence electrons. The number of para-hydroxylation sites is 1. The van der Waals surface area contributed by atoms with Crippen molar-refractivity contribution in [3.63, 3.8) is 0 Å². The summed E-state index contributed by atoms with van der Waals surface area (Å²) in [5.41, 5.74) is 2.60. The Kier molecular flexibility index (Phi) is 7.60. The van der Waals surface area contributed by atoms with Crippen molar-refractivity contribution in [3.8, 4) is 0 Å². The number of nitrogens with zero attached hydrogens (tertiary/aromatic N) is 2. The highest BCUT2D eigenvalue weighted by Crippen LogP contribution is 2.34. The predicted molar refractivity (Wildman–Crippen MR) is 140 cm³/mol. The molecule has 3 aromatic rings. The second kappa shape index (κ2) is 10.8. The lowest BCUT2D eigenvalue weighted by molar-refractivity contribution is -0.123. The van der Waals surface area contributed by atoms with Gasteiger partial charge in [-0.05, 0) is 35.4 Å². The molecule has 0 atom stereocenters.